The van der Waals surface area contributed by atoms with E-state index in [9.17, 15) is 4.79 Å². The maximum atomic E-state index is 12.7. The minimum atomic E-state index is -0.613. The number of nitrogens with zero attached hydrogens (tertiary/aromatic N) is 2. The second-order valence-corrected chi connectivity index (χ2v) is 6.51. The van der Waals surface area contributed by atoms with Gasteiger partial charge in [-0.25, -0.2) is 0 Å². The predicted molar refractivity (Wildman–Crippen MR) is 91.1 cm³/mol. The highest BCUT2D eigenvalue weighted by atomic mass is 35.5. The Morgan fingerprint density at radius 1 is 1.30 bits per heavy atom. The van der Waals surface area contributed by atoms with Crippen LogP contribution in [0.2, 0.25) is 10.0 Å². The van der Waals surface area contributed by atoms with Crippen LogP contribution in [0.5, 0.6) is 5.75 Å². The summed E-state index contributed by atoms with van der Waals surface area (Å²) in [4.78, 5) is 14.6. The van der Waals surface area contributed by atoms with E-state index in [0.29, 0.717) is 22.3 Å². The van der Waals surface area contributed by atoms with Crippen molar-refractivity contribution in [3.8, 4) is 5.75 Å². The van der Waals surface area contributed by atoms with Crippen LogP contribution in [0.4, 0.5) is 0 Å². The van der Waals surface area contributed by atoms with Gasteiger partial charge in [0.1, 0.15) is 5.75 Å². The Bertz CT molecular complexity index is 729. The third-order valence-corrected chi connectivity index (χ3v) is 4.70. The molecule has 1 aromatic heterocycles. The summed E-state index contributed by atoms with van der Waals surface area (Å²) < 4.78 is 7.92. The summed E-state index contributed by atoms with van der Waals surface area (Å²) in [7, 11) is 0. The first-order valence-electron chi connectivity index (χ1n) is 7.54. The number of amides is 1. The highest BCUT2D eigenvalue weighted by Gasteiger charge is 2.31. The first-order valence-corrected chi connectivity index (χ1v) is 8.30. The Labute approximate surface area is 145 Å². The number of rotatable bonds is 3. The van der Waals surface area contributed by atoms with Crippen LogP contribution in [-0.4, -0.2) is 28.0 Å². The van der Waals surface area contributed by atoms with E-state index in [1.54, 1.807) is 25.1 Å². The summed E-state index contributed by atoms with van der Waals surface area (Å²) in [6, 6.07) is 9.05. The number of benzene rings is 1. The lowest BCUT2D eigenvalue weighted by atomic mass is 10.1. The molecule has 1 aliphatic rings. The molecule has 23 heavy (non-hydrogen) atoms. The quantitative estimate of drug-likeness (QED) is 0.830. The van der Waals surface area contributed by atoms with Crippen molar-refractivity contribution in [3.05, 3.63) is 52.3 Å². The van der Waals surface area contributed by atoms with Crippen molar-refractivity contribution in [2.45, 2.75) is 32.5 Å². The van der Waals surface area contributed by atoms with Crippen molar-refractivity contribution in [2.24, 2.45) is 0 Å². The number of aromatic nitrogens is 1. The lowest BCUT2D eigenvalue weighted by molar-refractivity contribution is -0.141. The molecular formula is C17H18Cl2N2O2. The fraction of sp³-hybridized carbons (Fsp3) is 0.353. The summed E-state index contributed by atoms with van der Waals surface area (Å²) in [6.45, 7) is 5.25. The van der Waals surface area contributed by atoms with Crippen molar-refractivity contribution < 1.29 is 9.53 Å². The molecule has 0 spiro atoms. The van der Waals surface area contributed by atoms with E-state index in [-0.39, 0.29) is 11.9 Å². The molecule has 2 unspecified atom stereocenters. The lowest BCUT2D eigenvalue weighted by Crippen LogP contribution is -2.46. The summed E-state index contributed by atoms with van der Waals surface area (Å²) in [6.07, 6.45) is 1.43. The van der Waals surface area contributed by atoms with Gasteiger partial charge in [-0.1, -0.05) is 23.2 Å². The molecule has 2 aromatic rings. The predicted octanol–water partition coefficient (Wildman–Crippen LogP) is 4.17. The molecule has 1 amide bonds. The molecule has 2 atom stereocenters. The number of hydrogen-bond acceptors (Lipinski definition) is 2. The molecule has 1 aliphatic heterocycles. The third kappa shape index (κ3) is 3.19. The Hall–Kier alpha value is -1.65. The van der Waals surface area contributed by atoms with Gasteiger partial charge in [-0.2, -0.15) is 0 Å². The fourth-order valence-electron chi connectivity index (χ4n) is 2.93. The van der Waals surface area contributed by atoms with E-state index in [4.69, 9.17) is 27.9 Å². The average Bonchev–Trinajstić information content (AvgIpc) is 2.99. The lowest BCUT2D eigenvalue weighted by Gasteiger charge is -2.36. The second-order valence-electron chi connectivity index (χ2n) is 5.67. The molecule has 4 nitrogen and oxygen atoms in total. The van der Waals surface area contributed by atoms with E-state index in [0.717, 1.165) is 12.2 Å². The smallest absolute Gasteiger partial charge is 0.263 e. The van der Waals surface area contributed by atoms with Crippen molar-refractivity contribution >= 4 is 29.1 Å². The standard InChI is InChI=1S/C17H18Cl2N2O2/c1-11-15-4-3-7-20(15)8-9-21(11)17(22)12(2)23-16-6-5-13(18)10-14(16)19/h3-7,10-12H,8-9H2,1-2H3. The highest BCUT2D eigenvalue weighted by molar-refractivity contribution is 6.35. The van der Waals surface area contributed by atoms with Gasteiger partial charge >= 0.3 is 0 Å². The Morgan fingerprint density at radius 3 is 2.83 bits per heavy atom. The molecule has 0 bridgehead atoms. The van der Waals surface area contributed by atoms with Crippen LogP contribution in [0.1, 0.15) is 25.6 Å². The van der Waals surface area contributed by atoms with Crippen molar-refractivity contribution in [3.63, 3.8) is 0 Å². The van der Waals surface area contributed by atoms with Crippen LogP contribution in [0.15, 0.2) is 36.5 Å². The Morgan fingerprint density at radius 2 is 2.09 bits per heavy atom. The highest BCUT2D eigenvalue weighted by Crippen LogP contribution is 2.30. The van der Waals surface area contributed by atoms with E-state index < -0.39 is 6.10 Å². The minimum Gasteiger partial charge on any atom is -0.479 e. The zero-order chi connectivity index (χ0) is 16.6. The van der Waals surface area contributed by atoms with Gasteiger partial charge in [0.25, 0.3) is 5.91 Å². The molecule has 0 radical (unpaired) electrons. The molecule has 3 rings (SSSR count). The maximum absolute atomic E-state index is 12.7. The summed E-state index contributed by atoms with van der Waals surface area (Å²) in [5.41, 5.74) is 1.14. The Kier molecular flexibility index (Phi) is 4.55. The topological polar surface area (TPSA) is 34.5 Å². The zero-order valence-electron chi connectivity index (χ0n) is 13.0. The number of hydrogen-bond donors (Lipinski definition) is 0. The summed E-state index contributed by atoms with van der Waals surface area (Å²) >= 11 is 12.0. The molecule has 1 aromatic carbocycles. The fourth-order valence-corrected chi connectivity index (χ4v) is 3.38. The number of carbonyl (C=O) groups is 1. The van der Waals surface area contributed by atoms with Gasteiger partial charge in [-0.15, -0.1) is 0 Å². The van der Waals surface area contributed by atoms with Crippen LogP contribution < -0.4 is 4.74 Å². The number of halogens is 2. The van der Waals surface area contributed by atoms with Crippen LogP contribution in [0, 0.1) is 0 Å². The summed E-state index contributed by atoms with van der Waals surface area (Å²) in [5.74, 6) is 0.418. The van der Waals surface area contributed by atoms with Crippen LogP contribution >= 0.6 is 23.2 Å². The molecule has 0 saturated heterocycles. The van der Waals surface area contributed by atoms with Gasteiger partial charge in [0.05, 0.1) is 11.1 Å². The largest absolute Gasteiger partial charge is 0.479 e. The number of fused-ring (bicyclic) bond motifs is 1. The molecule has 0 saturated carbocycles. The molecule has 6 heteroatoms. The molecule has 122 valence electrons. The minimum absolute atomic E-state index is 0.0259. The third-order valence-electron chi connectivity index (χ3n) is 4.17. The molecule has 0 fully saturated rings. The number of carbonyl (C=O) groups excluding carboxylic acids is 1. The molecule has 0 aliphatic carbocycles. The van der Waals surface area contributed by atoms with E-state index >= 15 is 0 Å². The molecule has 2 heterocycles. The Balaban J connectivity index is 1.73. The van der Waals surface area contributed by atoms with Crippen molar-refractivity contribution in [1.29, 1.82) is 0 Å². The number of ether oxygens (including phenoxy) is 1. The average molecular weight is 353 g/mol. The van der Waals surface area contributed by atoms with Crippen LogP contribution in [0.3, 0.4) is 0 Å². The first-order chi connectivity index (χ1) is 11.0. The van der Waals surface area contributed by atoms with E-state index in [1.807, 2.05) is 30.2 Å². The SMILES string of the molecule is CC(Oc1ccc(Cl)cc1Cl)C(=O)N1CCn2cccc2C1C. The van der Waals surface area contributed by atoms with E-state index in [2.05, 4.69) is 4.57 Å². The van der Waals surface area contributed by atoms with Gasteiger partial charge in [0.2, 0.25) is 0 Å². The van der Waals surface area contributed by atoms with Crippen molar-refractivity contribution in [1.82, 2.24) is 9.47 Å². The first kappa shape index (κ1) is 16.2. The van der Waals surface area contributed by atoms with Gasteiger partial charge in [0, 0.05) is 30.0 Å². The zero-order valence-corrected chi connectivity index (χ0v) is 14.5. The molecular weight excluding hydrogens is 335 g/mol. The van der Waals surface area contributed by atoms with Gasteiger partial charge in [0.15, 0.2) is 6.10 Å². The monoisotopic (exact) mass is 352 g/mol. The second kappa shape index (κ2) is 6.46. The molecule has 0 N–H and O–H groups in total. The van der Waals surface area contributed by atoms with Gasteiger partial charge in [-0.3, -0.25) is 4.79 Å². The normalized spacial score (nSPS) is 18.4. The van der Waals surface area contributed by atoms with Gasteiger partial charge in [-0.05, 0) is 44.2 Å². The van der Waals surface area contributed by atoms with E-state index in [1.165, 1.54) is 0 Å². The van der Waals surface area contributed by atoms with Crippen molar-refractivity contribution in [2.75, 3.05) is 6.54 Å². The summed E-state index contributed by atoms with van der Waals surface area (Å²) in [5, 5.41) is 0.935. The van der Waals surface area contributed by atoms with Gasteiger partial charge < -0.3 is 14.2 Å². The maximum Gasteiger partial charge on any atom is 0.263 e. The van der Waals surface area contributed by atoms with Crippen LogP contribution in [-0.2, 0) is 11.3 Å². The van der Waals surface area contributed by atoms with Crippen LogP contribution in [0.25, 0.3) is 0 Å².